The molecule has 2 heterocycles. The maximum Gasteiger partial charge on any atom is 0.431 e. The number of carbonyl (C=O) groups excluding carboxylic acids is 1. The molecule has 0 N–H and O–H groups in total. The number of benzene rings is 1. The lowest BCUT2D eigenvalue weighted by Gasteiger charge is -2.16. The molecule has 13 heteroatoms. The lowest BCUT2D eigenvalue weighted by molar-refractivity contribution is -0.144. The molecular weight excluding hydrogens is 498 g/mol. The van der Waals surface area contributed by atoms with Gasteiger partial charge in [-0.3, -0.25) is 9.36 Å². The van der Waals surface area contributed by atoms with E-state index in [-0.39, 0.29) is 50.0 Å². The van der Waals surface area contributed by atoms with Gasteiger partial charge in [-0.15, -0.1) is 0 Å². The van der Waals surface area contributed by atoms with Crippen molar-refractivity contribution in [2.75, 3.05) is 6.61 Å². The second kappa shape index (κ2) is 10.3. The third-order valence-corrected chi connectivity index (χ3v) is 5.02. The number of carbonyl (C=O) groups is 1. The molecule has 3 aromatic rings. The zero-order valence-electron chi connectivity index (χ0n) is 18.4. The first-order chi connectivity index (χ1) is 16.4. The number of aromatic nitrogens is 3. The lowest BCUT2D eigenvalue weighted by atomic mass is 10.2. The highest BCUT2D eigenvalue weighted by Crippen LogP contribution is 2.36. The van der Waals surface area contributed by atoms with Crippen molar-refractivity contribution < 1.29 is 31.8 Å². The van der Waals surface area contributed by atoms with Crippen molar-refractivity contribution in [3.05, 3.63) is 73.9 Å². The topological polar surface area (TPSA) is 92.4 Å². The number of hydrogen-bond acceptors (Lipinski definition) is 6. The van der Waals surface area contributed by atoms with Crippen LogP contribution >= 0.6 is 11.6 Å². The number of rotatable bonds is 8. The summed E-state index contributed by atoms with van der Waals surface area (Å²) in [6, 6.07) is 4.80. The van der Waals surface area contributed by atoms with E-state index >= 15 is 0 Å². The van der Waals surface area contributed by atoms with Gasteiger partial charge in [0.05, 0.1) is 17.3 Å². The molecular formula is C22H18ClF4N3O5. The van der Waals surface area contributed by atoms with Gasteiger partial charge in [-0.05, 0) is 31.5 Å². The highest BCUT2D eigenvalue weighted by atomic mass is 35.5. The van der Waals surface area contributed by atoms with Crippen LogP contribution in [0.5, 0.6) is 17.4 Å². The van der Waals surface area contributed by atoms with Crippen LogP contribution in [0.2, 0.25) is 5.02 Å². The van der Waals surface area contributed by atoms with Gasteiger partial charge in [-0.2, -0.15) is 13.2 Å². The number of ketones is 1. The first kappa shape index (κ1) is 25.9. The van der Waals surface area contributed by atoms with Gasteiger partial charge in [0.25, 0.3) is 11.4 Å². The first-order valence-corrected chi connectivity index (χ1v) is 10.4. The Morgan fingerprint density at radius 3 is 2.54 bits per heavy atom. The molecule has 0 saturated carbocycles. The molecule has 8 nitrogen and oxygen atoms in total. The van der Waals surface area contributed by atoms with Gasteiger partial charge in [-0.25, -0.2) is 18.7 Å². The number of ether oxygens (including phenoxy) is 2. The van der Waals surface area contributed by atoms with Crippen molar-refractivity contribution in [1.29, 1.82) is 0 Å². The summed E-state index contributed by atoms with van der Waals surface area (Å²) in [4.78, 5) is 40.0. The van der Waals surface area contributed by atoms with Gasteiger partial charge < -0.3 is 14.3 Å². The molecule has 0 radical (unpaired) electrons. The smallest absolute Gasteiger partial charge is 0.431 e. The van der Waals surface area contributed by atoms with Gasteiger partial charge >= 0.3 is 11.9 Å². The number of hydrogen-bond donors (Lipinski definition) is 0. The fourth-order valence-corrected chi connectivity index (χ4v) is 3.25. The minimum atomic E-state index is -4.97. The fourth-order valence-electron chi connectivity index (χ4n) is 3.06. The van der Waals surface area contributed by atoms with E-state index in [2.05, 4.69) is 4.98 Å². The molecule has 186 valence electrons. The quantitative estimate of drug-likeness (QED) is 0.328. The van der Waals surface area contributed by atoms with Crippen LogP contribution in [0.15, 0.2) is 46.1 Å². The average molecular weight is 516 g/mol. The monoisotopic (exact) mass is 515 g/mol. The highest BCUT2D eigenvalue weighted by molar-refractivity contribution is 6.32. The van der Waals surface area contributed by atoms with E-state index in [0.29, 0.717) is 12.8 Å². The Balaban J connectivity index is 2.01. The van der Waals surface area contributed by atoms with Gasteiger partial charge in [0.15, 0.2) is 5.75 Å². The molecule has 1 aromatic carbocycles. The predicted octanol–water partition coefficient (Wildman–Crippen LogP) is 4.28. The van der Waals surface area contributed by atoms with E-state index in [1.165, 1.54) is 25.3 Å². The van der Waals surface area contributed by atoms with Crippen LogP contribution in [0, 0.1) is 5.82 Å². The van der Waals surface area contributed by atoms with E-state index in [1.807, 2.05) is 0 Å². The van der Waals surface area contributed by atoms with Gasteiger partial charge in [0, 0.05) is 31.8 Å². The highest BCUT2D eigenvalue weighted by Gasteiger charge is 2.35. The Kier molecular flexibility index (Phi) is 7.64. The van der Waals surface area contributed by atoms with E-state index in [9.17, 15) is 31.9 Å². The molecule has 0 spiro atoms. The van der Waals surface area contributed by atoms with Crippen molar-refractivity contribution in [2.45, 2.75) is 25.9 Å². The summed E-state index contributed by atoms with van der Waals surface area (Å²) in [5.41, 5.74) is -4.98. The summed E-state index contributed by atoms with van der Waals surface area (Å²) in [5.74, 6) is -1.31. The molecule has 0 aliphatic carbocycles. The molecule has 35 heavy (non-hydrogen) atoms. The van der Waals surface area contributed by atoms with E-state index in [1.54, 1.807) is 0 Å². The number of nitrogens with zero attached hydrogens (tertiary/aromatic N) is 3. The maximum absolute atomic E-state index is 14.7. The van der Waals surface area contributed by atoms with Gasteiger partial charge in [-0.1, -0.05) is 11.6 Å². The predicted molar refractivity (Wildman–Crippen MR) is 117 cm³/mol. The van der Waals surface area contributed by atoms with E-state index in [0.717, 1.165) is 19.2 Å². The van der Waals surface area contributed by atoms with Crippen LogP contribution in [-0.4, -0.2) is 26.5 Å². The third kappa shape index (κ3) is 5.88. The summed E-state index contributed by atoms with van der Waals surface area (Å²) < 4.78 is 65.6. The summed E-state index contributed by atoms with van der Waals surface area (Å²) in [6.07, 6.45) is -2.84. The number of Topliss-reactive ketones (excluding diaryl/α,β-unsaturated/α-hetero) is 1. The normalized spacial score (nSPS) is 11.4. The molecule has 0 atom stereocenters. The molecule has 0 bridgehead atoms. The van der Waals surface area contributed by atoms with Crippen molar-refractivity contribution in [2.24, 2.45) is 7.05 Å². The van der Waals surface area contributed by atoms with E-state index < -0.39 is 34.6 Å². The minimum Gasteiger partial charge on any atom is -0.475 e. The molecule has 2 aromatic heterocycles. The Morgan fingerprint density at radius 1 is 1.17 bits per heavy atom. The molecule has 3 rings (SSSR count). The number of pyridine rings is 1. The van der Waals surface area contributed by atoms with Crippen molar-refractivity contribution in [1.82, 2.24) is 14.1 Å². The second-order valence-electron chi connectivity index (χ2n) is 7.34. The largest absolute Gasteiger partial charge is 0.475 e. The number of alkyl halides is 3. The SMILES string of the molecule is CC(=O)CCCOc1ncccc1Oc1cc(-n2c(=O)cc(C(F)(F)F)n(C)c2=O)c(F)cc1Cl. The molecule has 0 aliphatic heterocycles. The molecule has 0 amide bonds. The van der Waals surface area contributed by atoms with Gasteiger partial charge in [0.2, 0.25) is 0 Å². The summed E-state index contributed by atoms with van der Waals surface area (Å²) in [6.45, 7) is 1.59. The summed E-state index contributed by atoms with van der Waals surface area (Å²) >= 11 is 6.07. The van der Waals surface area contributed by atoms with Crippen LogP contribution in [0.1, 0.15) is 25.5 Å². The van der Waals surface area contributed by atoms with Crippen LogP contribution in [0.25, 0.3) is 5.69 Å². The molecule has 0 saturated heterocycles. The summed E-state index contributed by atoms with van der Waals surface area (Å²) in [5, 5.41) is -0.255. The minimum absolute atomic E-state index is 0.0126. The molecule has 0 fully saturated rings. The van der Waals surface area contributed by atoms with Crippen molar-refractivity contribution in [3.63, 3.8) is 0 Å². The van der Waals surface area contributed by atoms with E-state index in [4.69, 9.17) is 21.1 Å². The Labute approximate surface area is 200 Å². The van der Waals surface area contributed by atoms with Crippen LogP contribution in [0.3, 0.4) is 0 Å². The van der Waals surface area contributed by atoms with Crippen molar-refractivity contribution in [3.8, 4) is 23.1 Å². The third-order valence-electron chi connectivity index (χ3n) is 4.72. The second-order valence-corrected chi connectivity index (χ2v) is 7.75. The van der Waals surface area contributed by atoms with Crippen LogP contribution < -0.4 is 20.7 Å². The Morgan fingerprint density at radius 2 is 1.89 bits per heavy atom. The van der Waals surface area contributed by atoms with Crippen molar-refractivity contribution >= 4 is 17.4 Å². The summed E-state index contributed by atoms with van der Waals surface area (Å²) in [7, 11) is 0.803. The zero-order valence-corrected chi connectivity index (χ0v) is 19.1. The van der Waals surface area contributed by atoms with Crippen LogP contribution in [0.4, 0.5) is 17.6 Å². The molecule has 0 unspecified atom stereocenters. The average Bonchev–Trinajstić information content (AvgIpc) is 2.76. The Hall–Kier alpha value is -3.67. The van der Waals surface area contributed by atoms with Crippen LogP contribution in [-0.2, 0) is 18.0 Å². The fraction of sp³-hybridized carbons (Fsp3) is 0.273. The van der Waals surface area contributed by atoms with Gasteiger partial charge in [0.1, 0.15) is 23.0 Å². The Bertz CT molecular complexity index is 1380. The number of halogens is 5. The zero-order chi connectivity index (χ0) is 25.9. The standard InChI is InChI=1S/C22H18ClF4N3O5/c1-12(31)5-4-8-34-20-16(6-3-7-28-20)35-17-10-15(14(24)9-13(17)23)30-19(32)11-18(22(25,26)27)29(2)21(30)33/h3,6-7,9-11H,4-5,8H2,1-2H3. The first-order valence-electron chi connectivity index (χ1n) is 10.0. The molecule has 0 aliphatic rings. The lowest BCUT2D eigenvalue weighted by Crippen LogP contribution is -2.41. The maximum atomic E-state index is 14.7.